The van der Waals surface area contributed by atoms with Crippen molar-refractivity contribution in [2.75, 3.05) is 4.90 Å². The topological polar surface area (TPSA) is 94.4 Å². The Morgan fingerprint density at radius 3 is 3.00 bits per heavy atom. The van der Waals surface area contributed by atoms with Gasteiger partial charge in [0.2, 0.25) is 0 Å². The number of thiophene rings is 1. The van der Waals surface area contributed by atoms with Gasteiger partial charge in [-0.25, -0.2) is 4.79 Å². The van der Waals surface area contributed by atoms with Gasteiger partial charge < -0.3 is 9.32 Å². The largest absolute Gasteiger partial charge is 0.439 e. The van der Waals surface area contributed by atoms with E-state index < -0.39 is 10.7 Å². The molecule has 0 saturated heterocycles. The molecule has 9 heteroatoms. The van der Waals surface area contributed by atoms with E-state index in [1.807, 2.05) is 29.3 Å². The Kier molecular flexibility index (Phi) is 3.65. The molecule has 4 rings (SSSR count). The molecule has 1 aliphatic rings. The fourth-order valence-electron chi connectivity index (χ4n) is 3.05. The smallest absolute Gasteiger partial charge is 0.387 e. The van der Waals surface area contributed by atoms with Crippen molar-refractivity contribution in [3.8, 4) is 10.8 Å². The highest BCUT2D eigenvalue weighted by Gasteiger charge is 2.29. The highest BCUT2D eigenvalue weighted by Crippen LogP contribution is 2.34. The fraction of sp³-hybridized carbons (Fsp3) is 0.250. The summed E-state index contributed by atoms with van der Waals surface area (Å²) in [6.07, 6.45) is 0.682. The molecule has 25 heavy (non-hydrogen) atoms. The lowest BCUT2D eigenvalue weighted by Gasteiger charge is -2.23. The van der Waals surface area contributed by atoms with E-state index >= 15 is 0 Å². The first-order valence-corrected chi connectivity index (χ1v) is 8.56. The lowest BCUT2D eigenvalue weighted by molar-refractivity contribution is -0.384. The molecular formula is C16H14N4O4S. The standard InChI is InChI=1S/C16H14N4O4S/c1-10-7-11-8-12(20(22)23)4-5-13(11)18(10)9-19-16(21)24-15(17-19)14-3-2-6-25-14/h2-6,8,10H,7,9H2,1H3/t10-/m1/s1. The van der Waals surface area contributed by atoms with E-state index in [1.165, 1.54) is 22.1 Å². The van der Waals surface area contributed by atoms with Crippen LogP contribution in [0.4, 0.5) is 11.4 Å². The second-order valence-corrected chi connectivity index (χ2v) is 6.83. The summed E-state index contributed by atoms with van der Waals surface area (Å²) in [4.78, 5) is 25.4. The second kappa shape index (κ2) is 5.85. The van der Waals surface area contributed by atoms with Crippen LogP contribution in [-0.2, 0) is 13.1 Å². The maximum atomic E-state index is 12.1. The zero-order valence-electron chi connectivity index (χ0n) is 13.3. The Morgan fingerprint density at radius 1 is 1.44 bits per heavy atom. The van der Waals surface area contributed by atoms with Crippen LogP contribution in [0.1, 0.15) is 12.5 Å². The Labute approximate surface area is 146 Å². The van der Waals surface area contributed by atoms with Gasteiger partial charge in [-0.2, -0.15) is 4.68 Å². The molecule has 1 atom stereocenters. The number of hydrogen-bond acceptors (Lipinski definition) is 7. The molecule has 8 nitrogen and oxygen atoms in total. The number of fused-ring (bicyclic) bond motifs is 1. The molecule has 0 bridgehead atoms. The summed E-state index contributed by atoms with van der Waals surface area (Å²) in [6, 6.07) is 8.60. The molecule has 1 aromatic carbocycles. The summed E-state index contributed by atoms with van der Waals surface area (Å²) in [7, 11) is 0. The highest BCUT2D eigenvalue weighted by atomic mass is 32.1. The summed E-state index contributed by atoms with van der Waals surface area (Å²) in [5.41, 5.74) is 1.86. The summed E-state index contributed by atoms with van der Waals surface area (Å²) in [5.74, 6) is -0.221. The van der Waals surface area contributed by atoms with Gasteiger partial charge in [0.05, 0.1) is 9.80 Å². The molecule has 0 saturated carbocycles. The van der Waals surface area contributed by atoms with Gasteiger partial charge in [-0.3, -0.25) is 10.1 Å². The molecule has 0 radical (unpaired) electrons. The minimum Gasteiger partial charge on any atom is -0.387 e. The van der Waals surface area contributed by atoms with Crippen molar-refractivity contribution in [1.82, 2.24) is 9.78 Å². The molecule has 0 unspecified atom stereocenters. The SMILES string of the molecule is C[C@@H]1Cc2cc([N+](=O)[O-])ccc2N1Cn1nc(-c2cccs2)oc1=O. The van der Waals surface area contributed by atoms with Crippen molar-refractivity contribution in [3.63, 3.8) is 0 Å². The van der Waals surface area contributed by atoms with Crippen molar-refractivity contribution < 1.29 is 9.34 Å². The maximum absolute atomic E-state index is 12.1. The number of benzene rings is 1. The summed E-state index contributed by atoms with van der Waals surface area (Å²) >= 11 is 1.45. The lowest BCUT2D eigenvalue weighted by atomic mass is 10.1. The normalized spacial score (nSPS) is 16.2. The molecule has 3 heterocycles. The average molecular weight is 358 g/mol. The first kappa shape index (κ1) is 15.6. The summed E-state index contributed by atoms with van der Waals surface area (Å²) < 4.78 is 6.51. The van der Waals surface area contributed by atoms with Crippen LogP contribution >= 0.6 is 11.3 Å². The number of nitro groups is 1. The van der Waals surface area contributed by atoms with Gasteiger partial charge in [0.1, 0.15) is 6.67 Å². The monoisotopic (exact) mass is 358 g/mol. The van der Waals surface area contributed by atoms with Crippen LogP contribution in [0.25, 0.3) is 10.8 Å². The van der Waals surface area contributed by atoms with E-state index in [2.05, 4.69) is 5.10 Å². The molecule has 0 N–H and O–H groups in total. The predicted molar refractivity (Wildman–Crippen MR) is 92.8 cm³/mol. The Hall–Kier alpha value is -2.94. The van der Waals surface area contributed by atoms with E-state index in [4.69, 9.17) is 4.42 Å². The third-order valence-electron chi connectivity index (χ3n) is 4.26. The van der Waals surface area contributed by atoms with Gasteiger partial charge in [0, 0.05) is 23.9 Å². The average Bonchev–Trinajstić information content (AvgIpc) is 3.28. The predicted octanol–water partition coefficient (Wildman–Crippen LogP) is 2.88. The van der Waals surface area contributed by atoms with Crippen LogP contribution in [0, 0.1) is 10.1 Å². The van der Waals surface area contributed by atoms with Crippen LogP contribution in [0.5, 0.6) is 0 Å². The quantitative estimate of drug-likeness (QED) is 0.526. The molecule has 3 aromatic rings. The molecular weight excluding hydrogens is 344 g/mol. The number of rotatable bonds is 4. The molecule has 1 aliphatic heterocycles. The van der Waals surface area contributed by atoms with Gasteiger partial charge in [-0.15, -0.1) is 16.4 Å². The van der Waals surface area contributed by atoms with E-state index in [-0.39, 0.29) is 18.4 Å². The van der Waals surface area contributed by atoms with Crippen molar-refractivity contribution in [1.29, 1.82) is 0 Å². The third kappa shape index (κ3) is 2.72. The number of anilines is 1. The van der Waals surface area contributed by atoms with Gasteiger partial charge in [0.25, 0.3) is 11.6 Å². The van der Waals surface area contributed by atoms with Crippen molar-refractivity contribution in [2.24, 2.45) is 0 Å². The van der Waals surface area contributed by atoms with Crippen LogP contribution < -0.4 is 10.7 Å². The van der Waals surface area contributed by atoms with E-state index in [9.17, 15) is 14.9 Å². The summed E-state index contributed by atoms with van der Waals surface area (Å²) in [5, 5.41) is 17.1. The van der Waals surface area contributed by atoms with Gasteiger partial charge in [0.15, 0.2) is 0 Å². The van der Waals surface area contributed by atoms with Crippen molar-refractivity contribution in [2.45, 2.75) is 26.1 Å². The van der Waals surface area contributed by atoms with Gasteiger partial charge in [-0.1, -0.05) is 6.07 Å². The molecule has 0 spiro atoms. The van der Waals surface area contributed by atoms with Gasteiger partial charge >= 0.3 is 5.76 Å². The molecule has 0 aliphatic carbocycles. The number of aromatic nitrogens is 2. The first-order chi connectivity index (χ1) is 12.0. The first-order valence-electron chi connectivity index (χ1n) is 7.68. The van der Waals surface area contributed by atoms with E-state index in [1.54, 1.807) is 12.1 Å². The second-order valence-electron chi connectivity index (χ2n) is 5.88. The van der Waals surface area contributed by atoms with E-state index in [0.29, 0.717) is 12.3 Å². The maximum Gasteiger partial charge on any atom is 0.439 e. The van der Waals surface area contributed by atoms with Crippen LogP contribution in [-0.4, -0.2) is 20.7 Å². The van der Waals surface area contributed by atoms with Crippen molar-refractivity contribution >= 4 is 22.7 Å². The van der Waals surface area contributed by atoms with Crippen LogP contribution in [0.2, 0.25) is 0 Å². The number of nitrogens with zero attached hydrogens (tertiary/aromatic N) is 4. The molecule has 0 amide bonds. The number of hydrogen-bond donors (Lipinski definition) is 0. The zero-order chi connectivity index (χ0) is 17.6. The number of nitro benzene ring substituents is 1. The summed E-state index contributed by atoms with van der Waals surface area (Å²) in [6.45, 7) is 2.25. The molecule has 2 aromatic heterocycles. The Bertz CT molecular complexity index is 992. The van der Waals surface area contributed by atoms with Crippen LogP contribution in [0.3, 0.4) is 0 Å². The molecule has 128 valence electrons. The van der Waals surface area contributed by atoms with Gasteiger partial charge in [-0.05, 0) is 36.4 Å². The fourth-order valence-corrected chi connectivity index (χ4v) is 3.69. The van der Waals surface area contributed by atoms with E-state index in [0.717, 1.165) is 16.1 Å². The minimum absolute atomic E-state index is 0.0754. The Balaban J connectivity index is 1.64. The lowest BCUT2D eigenvalue weighted by Crippen LogP contribution is -2.35. The third-order valence-corrected chi connectivity index (χ3v) is 5.11. The van der Waals surface area contributed by atoms with Crippen molar-refractivity contribution in [3.05, 3.63) is 61.9 Å². The zero-order valence-corrected chi connectivity index (χ0v) is 14.1. The number of non-ortho nitro benzene ring substituents is 1. The van der Waals surface area contributed by atoms with Crippen LogP contribution in [0.15, 0.2) is 44.9 Å². The minimum atomic E-state index is -0.522. The Morgan fingerprint density at radius 2 is 2.28 bits per heavy atom. The molecule has 0 fully saturated rings. The highest BCUT2D eigenvalue weighted by molar-refractivity contribution is 7.13.